The quantitative estimate of drug-likeness (QED) is 0.599. The van der Waals surface area contributed by atoms with Gasteiger partial charge in [-0.2, -0.15) is 0 Å². The second kappa shape index (κ2) is 7.97. The molecule has 0 saturated heterocycles. The molecule has 5 heteroatoms. The van der Waals surface area contributed by atoms with Crippen LogP contribution >= 0.6 is 23.2 Å². The molecule has 1 aromatic rings. The third kappa shape index (κ3) is 5.12. The molecule has 1 aromatic carbocycles. The van der Waals surface area contributed by atoms with Gasteiger partial charge in [0.2, 0.25) is 0 Å². The highest BCUT2D eigenvalue weighted by Crippen LogP contribution is 2.23. The number of hydrogen-bond donors (Lipinski definition) is 2. The van der Waals surface area contributed by atoms with Gasteiger partial charge in [-0.05, 0) is 43.9 Å². The molecule has 0 fully saturated rings. The molecule has 0 heterocycles. The third-order valence-electron chi connectivity index (χ3n) is 3.03. The lowest BCUT2D eigenvalue weighted by Gasteiger charge is -2.18. The summed E-state index contributed by atoms with van der Waals surface area (Å²) in [6.07, 6.45) is 2.98. The molecule has 1 rings (SSSR count). The van der Waals surface area contributed by atoms with E-state index >= 15 is 0 Å². The van der Waals surface area contributed by atoms with Gasteiger partial charge >= 0.3 is 0 Å². The molecule has 0 aliphatic heterocycles. The van der Waals surface area contributed by atoms with E-state index in [4.69, 9.17) is 33.8 Å². The highest BCUT2D eigenvalue weighted by molar-refractivity contribution is 6.42. The number of nitrogens with two attached hydrogens (primary N) is 1. The van der Waals surface area contributed by atoms with Gasteiger partial charge in [-0.15, -0.1) is 0 Å². The van der Waals surface area contributed by atoms with E-state index in [9.17, 15) is 0 Å². The van der Waals surface area contributed by atoms with Crippen molar-refractivity contribution in [3.63, 3.8) is 0 Å². The molecule has 0 aliphatic carbocycles. The van der Waals surface area contributed by atoms with Crippen molar-refractivity contribution < 1.29 is 4.74 Å². The number of halogens is 2. The Bertz CT molecular complexity index is 374. The van der Waals surface area contributed by atoms with Crippen molar-refractivity contribution >= 4 is 23.2 Å². The van der Waals surface area contributed by atoms with Gasteiger partial charge in [-0.1, -0.05) is 29.3 Å². The zero-order valence-corrected chi connectivity index (χ0v) is 12.3. The number of rotatable bonds is 7. The summed E-state index contributed by atoms with van der Waals surface area (Å²) in [5, 5.41) is 1.15. The number of benzene rings is 1. The smallest absolute Gasteiger partial charge is 0.0595 e. The van der Waals surface area contributed by atoms with Gasteiger partial charge in [-0.3, -0.25) is 11.3 Å². The second-order valence-corrected chi connectivity index (χ2v) is 5.25. The van der Waals surface area contributed by atoms with Crippen molar-refractivity contribution in [2.45, 2.75) is 38.3 Å². The predicted octanol–water partition coefficient (Wildman–Crippen LogP) is 3.18. The Labute approximate surface area is 119 Å². The minimum Gasteiger partial charge on any atom is -0.382 e. The summed E-state index contributed by atoms with van der Waals surface area (Å²) in [4.78, 5) is 0. The van der Waals surface area contributed by atoms with Gasteiger partial charge in [0.05, 0.1) is 16.1 Å². The van der Waals surface area contributed by atoms with Crippen molar-refractivity contribution in [3.8, 4) is 0 Å². The summed E-state index contributed by atoms with van der Waals surface area (Å²) in [6.45, 7) is 2.05. The molecule has 0 radical (unpaired) electrons. The molecular formula is C13H20Cl2N2O. The van der Waals surface area contributed by atoms with Crippen molar-refractivity contribution in [2.24, 2.45) is 5.84 Å². The minimum absolute atomic E-state index is 0.208. The molecule has 3 nitrogen and oxygen atoms in total. The zero-order valence-electron chi connectivity index (χ0n) is 10.7. The fourth-order valence-electron chi connectivity index (χ4n) is 1.75. The maximum atomic E-state index is 5.99. The predicted molar refractivity (Wildman–Crippen MR) is 77.0 cm³/mol. The van der Waals surface area contributed by atoms with E-state index in [1.807, 2.05) is 25.1 Å². The van der Waals surface area contributed by atoms with Crippen LogP contribution < -0.4 is 11.3 Å². The van der Waals surface area contributed by atoms with Crippen LogP contribution in [0.3, 0.4) is 0 Å². The van der Waals surface area contributed by atoms with Crippen molar-refractivity contribution in [1.82, 2.24) is 5.43 Å². The SMILES string of the molecule is COC(C)CCC(Cc1ccc(Cl)c(Cl)c1)NN. The average Bonchev–Trinajstić information content (AvgIpc) is 2.38. The first-order valence-corrected chi connectivity index (χ1v) is 6.75. The highest BCUT2D eigenvalue weighted by Gasteiger charge is 2.11. The first kappa shape index (κ1) is 15.7. The van der Waals surface area contributed by atoms with Gasteiger partial charge in [0.25, 0.3) is 0 Å². The molecular weight excluding hydrogens is 271 g/mol. The largest absolute Gasteiger partial charge is 0.382 e. The molecule has 0 amide bonds. The van der Waals surface area contributed by atoms with Crippen LogP contribution in [0, 0.1) is 0 Å². The second-order valence-electron chi connectivity index (χ2n) is 4.44. The molecule has 3 N–H and O–H groups in total. The Morgan fingerprint density at radius 1 is 1.28 bits per heavy atom. The van der Waals surface area contributed by atoms with E-state index < -0.39 is 0 Å². The summed E-state index contributed by atoms with van der Waals surface area (Å²) in [7, 11) is 1.72. The lowest BCUT2D eigenvalue weighted by molar-refractivity contribution is 0.106. The average molecular weight is 291 g/mol. The Morgan fingerprint density at radius 2 is 2.00 bits per heavy atom. The molecule has 0 saturated carbocycles. The van der Waals surface area contributed by atoms with Crippen LogP contribution in [0.5, 0.6) is 0 Å². The number of ether oxygens (including phenoxy) is 1. The maximum absolute atomic E-state index is 5.99. The van der Waals surface area contributed by atoms with Crippen molar-refractivity contribution in [1.29, 1.82) is 0 Å². The van der Waals surface area contributed by atoms with Crippen LogP contribution in [0.1, 0.15) is 25.3 Å². The van der Waals surface area contributed by atoms with Gasteiger partial charge in [0, 0.05) is 13.2 Å². The minimum atomic E-state index is 0.208. The Kier molecular flexibility index (Phi) is 6.97. The lowest BCUT2D eigenvalue weighted by Crippen LogP contribution is -2.37. The van der Waals surface area contributed by atoms with E-state index in [0.29, 0.717) is 10.0 Å². The Hall–Kier alpha value is -0.320. The van der Waals surface area contributed by atoms with Gasteiger partial charge in [-0.25, -0.2) is 0 Å². The molecule has 2 unspecified atom stereocenters. The summed E-state index contributed by atoms with van der Waals surface area (Å²) in [6, 6.07) is 5.87. The van der Waals surface area contributed by atoms with Gasteiger partial charge in [0.15, 0.2) is 0 Å². The van der Waals surface area contributed by atoms with Crippen LogP contribution in [0.4, 0.5) is 0 Å². The summed E-state index contributed by atoms with van der Waals surface area (Å²) < 4.78 is 5.22. The number of hydrazine groups is 1. The van der Waals surface area contributed by atoms with Crippen LogP contribution in [0.2, 0.25) is 10.0 Å². The molecule has 0 spiro atoms. The lowest BCUT2D eigenvalue weighted by atomic mass is 10.0. The number of nitrogens with one attached hydrogen (secondary N) is 1. The zero-order chi connectivity index (χ0) is 13.5. The molecule has 0 aliphatic rings. The third-order valence-corrected chi connectivity index (χ3v) is 3.76. The summed E-state index contributed by atoms with van der Waals surface area (Å²) in [5.41, 5.74) is 3.96. The number of methoxy groups -OCH3 is 1. The molecule has 0 aromatic heterocycles. The standard InChI is InChI=1S/C13H20Cl2N2O/c1-9(18-2)3-5-11(17-16)7-10-4-6-12(14)13(15)8-10/h4,6,8-9,11,17H,3,5,7,16H2,1-2H3. The van der Waals surface area contributed by atoms with Crippen molar-refractivity contribution in [3.05, 3.63) is 33.8 Å². The summed E-state index contributed by atoms with van der Waals surface area (Å²) in [5.74, 6) is 5.57. The monoisotopic (exact) mass is 290 g/mol. The first-order chi connectivity index (χ1) is 8.56. The van der Waals surface area contributed by atoms with Crippen LogP contribution in [0.15, 0.2) is 18.2 Å². The fourth-order valence-corrected chi connectivity index (χ4v) is 2.07. The van der Waals surface area contributed by atoms with E-state index in [1.54, 1.807) is 7.11 Å². The van der Waals surface area contributed by atoms with E-state index in [-0.39, 0.29) is 12.1 Å². The Morgan fingerprint density at radius 3 is 2.56 bits per heavy atom. The van der Waals surface area contributed by atoms with E-state index in [2.05, 4.69) is 5.43 Å². The fraction of sp³-hybridized carbons (Fsp3) is 0.538. The molecule has 0 bridgehead atoms. The maximum Gasteiger partial charge on any atom is 0.0595 e. The normalized spacial score (nSPS) is 14.5. The van der Waals surface area contributed by atoms with Crippen LogP contribution in [-0.2, 0) is 11.2 Å². The van der Waals surface area contributed by atoms with Crippen LogP contribution in [-0.4, -0.2) is 19.3 Å². The molecule has 18 heavy (non-hydrogen) atoms. The van der Waals surface area contributed by atoms with Crippen LogP contribution in [0.25, 0.3) is 0 Å². The van der Waals surface area contributed by atoms with E-state index in [0.717, 1.165) is 24.8 Å². The Balaban J connectivity index is 2.54. The highest BCUT2D eigenvalue weighted by atomic mass is 35.5. The number of hydrogen-bond acceptors (Lipinski definition) is 3. The van der Waals surface area contributed by atoms with Gasteiger partial charge in [0.1, 0.15) is 0 Å². The topological polar surface area (TPSA) is 47.3 Å². The molecule has 2 atom stereocenters. The van der Waals surface area contributed by atoms with Gasteiger partial charge < -0.3 is 4.74 Å². The molecule has 102 valence electrons. The summed E-state index contributed by atoms with van der Waals surface area (Å²) >= 11 is 11.9. The first-order valence-electron chi connectivity index (χ1n) is 5.99. The van der Waals surface area contributed by atoms with E-state index in [1.165, 1.54) is 0 Å². The van der Waals surface area contributed by atoms with Crippen molar-refractivity contribution in [2.75, 3.05) is 7.11 Å².